The molecule has 2 rings (SSSR count). The molecule has 1 unspecified atom stereocenters. The standard InChI is InChI=1S/C18H28O2P.BrH/c1-3-17(18(19)20-4-2)21(13-9-6-10-14-21)15-16-11-7-5-8-12-16;/h5,7-8,11-12,17H,3-4,6,9-10,13-15H2,1-2H3;1H/q+1;/p-1. The summed E-state index contributed by atoms with van der Waals surface area (Å²) in [6.07, 6.45) is 8.48. The van der Waals surface area contributed by atoms with Crippen LogP contribution in [0.2, 0.25) is 0 Å². The van der Waals surface area contributed by atoms with Crippen LogP contribution in [0.15, 0.2) is 30.3 Å². The largest absolute Gasteiger partial charge is 1.00 e. The lowest BCUT2D eigenvalue weighted by Gasteiger charge is -2.36. The molecule has 22 heavy (non-hydrogen) atoms. The second-order valence-corrected chi connectivity index (χ2v) is 10.3. The van der Waals surface area contributed by atoms with Gasteiger partial charge in [-0.05, 0) is 38.2 Å². The van der Waals surface area contributed by atoms with Crippen LogP contribution in [0.5, 0.6) is 0 Å². The molecule has 0 N–H and O–H groups in total. The minimum absolute atomic E-state index is 0. The first-order valence-electron chi connectivity index (χ1n) is 8.28. The minimum Gasteiger partial charge on any atom is -1.00 e. The Kier molecular flexibility index (Phi) is 8.64. The predicted molar refractivity (Wildman–Crippen MR) is 91.4 cm³/mol. The van der Waals surface area contributed by atoms with Crippen molar-refractivity contribution in [1.29, 1.82) is 0 Å². The summed E-state index contributed by atoms with van der Waals surface area (Å²) in [5.41, 5.74) is 1.55. The number of carbonyl (C=O) groups is 1. The van der Waals surface area contributed by atoms with Crippen LogP contribution in [0, 0.1) is 0 Å². The average Bonchev–Trinajstić information content (AvgIpc) is 2.50. The smallest absolute Gasteiger partial charge is 0.346 e. The van der Waals surface area contributed by atoms with Crippen molar-refractivity contribution in [3.05, 3.63) is 35.9 Å². The van der Waals surface area contributed by atoms with Gasteiger partial charge in [-0.1, -0.05) is 37.3 Å². The topological polar surface area (TPSA) is 26.3 Å². The number of hydrogen-bond donors (Lipinski definition) is 0. The van der Waals surface area contributed by atoms with E-state index in [9.17, 15) is 4.79 Å². The minimum atomic E-state index is -1.28. The van der Waals surface area contributed by atoms with Gasteiger partial charge >= 0.3 is 5.97 Å². The highest BCUT2D eigenvalue weighted by atomic mass is 79.9. The van der Waals surface area contributed by atoms with Crippen molar-refractivity contribution in [2.75, 3.05) is 18.9 Å². The van der Waals surface area contributed by atoms with Crippen LogP contribution in [0.3, 0.4) is 0 Å². The lowest BCUT2D eigenvalue weighted by Crippen LogP contribution is -3.00. The molecule has 1 heterocycles. The normalized spacial score (nSPS) is 18.1. The van der Waals surface area contributed by atoms with Gasteiger partial charge in [0, 0.05) is 7.26 Å². The summed E-state index contributed by atoms with van der Waals surface area (Å²) < 4.78 is 5.40. The highest BCUT2D eigenvalue weighted by molar-refractivity contribution is 7.76. The lowest BCUT2D eigenvalue weighted by atomic mass is 10.2. The fourth-order valence-electron chi connectivity index (χ4n) is 3.69. The third kappa shape index (κ3) is 4.80. The molecule has 0 bridgehead atoms. The molecule has 0 saturated carbocycles. The van der Waals surface area contributed by atoms with E-state index < -0.39 is 7.26 Å². The highest BCUT2D eigenvalue weighted by Gasteiger charge is 2.50. The summed E-state index contributed by atoms with van der Waals surface area (Å²) in [5.74, 6) is 0.0613. The summed E-state index contributed by atoms with van der Waals surface area (Å²) >= 11 is 0. The second-order valence-electron chi connectivity index (χ2n) is 6.05. The molecule has 2 nitrogen and oxygen atoms in total. The number of ether oxygens (including phenoxy) is 1. The van der Waals surface area contributed by atoms with Gasteiger partial charge in [-0.15, -0.1) is 0 Å². The van der Waals surface area contributed by atoms with Crippen LogP contribution in [0.4, 0.5) is 0 Å². The summed E-state index contributed by atoms with van der Waals surface area (Å²) in [6, 6.07) is 10.7. The Labute approximate surface area is 146 Å². The first kappa shape index (κ1) is 19.6. The monoisotopic (exact) mass is 386 g/mol. The Balaban J connectivity index is 0.00000242. The quantitative estimate of drug-likeness (QED) is 0.549. The van der Waals surface area contributed by atoms with Crippen LogP contribution in [0.25, 0.3) is 0 Å². The zero-order chi connectivity index (χ0) is 15.1. The number of carbonyl (C=O) groups excluding carboxylic acids is 1. The van der Waals surface area contributed by atoms with E-state index in [4.69, 9.17) is 4.74 Å². The van der Waals surface area contributed by atoms with Crippen LogP contribution < -0.4 is 17.0 Å². The molecule has 1 aliphatic heterocycles. The lowest BCUT2D eigenvalue weighted by molar-refractivity contribution is -0.142. The molecule has 1 fully saturated rings. The molecule has 124 valence electrons. The van der Waals surface area contributed by atoms with Crippen LogP contribution >= 0.6 is 7.26 Å². The van der Waals surface area contributed by atoms with E-state index in [0.29, 0.717) is 6.61 Å². The van der Waals surface area contributed by atoms with E-state index in [1.165, 1.54) is 37.1 Å². The number of halogens is 1. The Morgan fingerprint density at radius 2 is 1.77 bits per heavy atom. The molecule has 1 aromatic rings. The van der Waals surface area contributed by atoms with E-state index in [2.05, 4.69) is 37.3 Å². The van der Waals surface area contributed by atoms with Gasteiger partial charge in [-0.25, -0.2) is 4.79 Å². The van der Waals surface area contributed by atoms with Crippen LogP contribution in [0.1, 0.15) is 45.1 Å². The molecular formula is C18H28BrO2P. The van der Waals surface area contributed by atoms with Gasteiger partial charge < -0.3 is 21.7 Å². The van der Waals surface area contributed by atoms with E-state index in [1.807, 2.05) is 6.92 Å². The molecule has 1 atom stereocenters. The third-order valence-corrected chi connectivity index (χ3v) is 9.96. The molecule has 0 aliphatic carbocycles. The van der Waals surface area contributed by atoms with E-state index in [0.717, 1.165) is 12.6 Å². The maximum absolute atomic E-state index is 12.5. The molecule has 0 spiro atoms. The van der Waals surface area contributed by atoms with Gasteiger partial charge in [0.1, 0.15) is 0 Å². The predicted octanol–water partition coefficient (Wildman–Crippen LogP) is 1.73. The number of hydrogen-bond acceptors (Lipinski definition) is 2. The van der Waals surface area contributed by atoms with Crippen molar-refractivity contribution in [3.63, 3.8) is 0 Å². The molecule has 1 aliphatic rings. The Hall–Kier alpha value is -0.400. The maximum atomic E-state index is 12.5. The van der Waals surface area contributed by atoms with E-state index >= 15 is 0 Å². The molecule has 1 aromatic carbocycles. The van der Waals surface area contributed by atoms with Crippen LogP contribution in [-0.4, -0.2) is 30.6 Å². The second kappa shape index (κ2) is 9.67. The number of esters is 1. The Morgan fingerprint density at radius 1 is 1.14 bits per heavy atom. The molecule has 0 radical (unpaired) electrons. The SMILES string of the molecule is CCOC(=O)C(CC)[P+]1(Cc2ccccc2)CCCCC1.[Br-]. The fraction of sp³-hybridized carbons (Fsp3) is 0.611. The molecular weight excluding hydrogens is 359 g/mol. The molecule has 0 amide bonds. The first-order valence-corrected chi connectivity index (χ1v) is 10.7. The summed E-state index contributed by atoms with van der Waals surface area (Å²) in [4.78, 5) is 12.5. The summed E-state index contributed by atoms with van der Waals surface area (Å²) in [7, 11) is -1.28. The van der Waals surface area contributed by atoms with Crippen molar-refractivity contribution < 1.29 is 26.5 Å². The van der Waals surface area contributed by atoms with Crippen molar-refractivity contribution >= 4 is 13.2 Å². The van der Waals surface area contributed by atoms with E-state index in [1.54, 1.807) is 0 Å². The third-order valence-electron chi connectivity index (χ3n) is 4.65. The number of benzene rings is 1. The zero-order valence-electron chi connectivity index (χ0n) is 13.8. The van der Waals surface area contributed by atoms with Gasteiger partial charge in [-0.2, -0.15) is 0 Å². The zero-order valence-corrected chi connectivity index (χ0v) is 16.2. The summed E-state index contributed by atoms with van der Waals surface area (Å²) in [5, 5.41) is 0. The van der Waals surface area contributed by atoms with Gasteiger partial charge in [0.05, 0.1) is 25.1 Å². The van der Waals surface area contributed by atoms with Crippen molar-refractivity contribution in [2.45, 2.75) is 51.4 Å². The van der Waals surface area contributed by atoms with Crippen molar-refractivity contribution in [2.24, 2.45) is 0 Å². The number of rotatable bonds is 6. The molecule has 0 aromatic heterocycles. The van der Waals surface area contributed by atoms with Gasteiger partial charge in [-0.3, -0.25) is 0 Å². The molecule has 4 heteroatoms. The van der Waals surface area contributed by atoms with E-state index in [-0.39, 0.29) is 28.6 Å². The van der Waals surface area contributed by atoms with Crippen molar-refractivity contribution in [3.8, 4) is 0 Å². The van der Waals surface area contributed by atoms with Gasteiger partial charge in [0.2, 0.25) is 0 Å². The summed E-state index contributed by atoms with van der Waals surface area (Å²) in [6.45, 7) is 4.57. The highest BCUT2D eigenvalue weighted by Crippen LogP contribution is 2.69. The fourth-order valence-corrected chi connectivity index (χ4v) is 9.01. The van der Waals surface area contributed by atoms with Crippen LogP contribution in [-0.2, 0) is 15.7 Å². The maximum Gasteiger partial charge on any atom is 0.346 e. The average molecular weight is 387 g/mol. The van der Waals surface area contributed by atoms with Gasteiger partial charge in [0.25, 0.3) is 0 Å². The Morgan fingerprint density at radius 3 is 2.32 bits per heavy atom. The van der Waals surface area contributed by atoms with Gasteiger partial charge in [0.15, 0.2) is 5.66 Å². The molecule has 1 saturated heterocycles. The van der Waals surface area contributed by atoms with Crippen molar-refractivity contribution in [1.82, 2.24) is 0 Å². The Bertz CT molecular complexity index is 444. The first-order chi connectivity index (χ1) is 10.2.